The largest absolute Gasteiger partial charge is 0.467 e. The molecule has 6 aliphatic heterocycles. The number of ether oxygens (including phenoxy) is 1. The van der Waals surface area contributed by atoms with Crippen LogP contribution in [0.4, 0.5) is 48.3 Å². The van der Waals surface area contributed by atoms with Gasteiger partial charge in [0, 0.05) is 115 Å². The highest BCUT2D eigenvalue weighted by molar-refractivity contribution is 5.29. The Hall–Kier alpha value is -3.83. The Morgan fingerprint density at radius 1 is 0.380 bits per heavy atom. The molecular formula is C86H153F11N10O. The molecule has 0 N–H and O–H groups in total. The van der Waals surface area contributed by atoms with Gasteiger partial charge >= 0.3 is 12.2 Å². The van der Waals surface area contributed by atoms with Crippen LogP contribution in [0.15, 0.2) is 49.1 Å². The molecule has 108 heavy (non-hydrogen) atoms. The second kappa shape index (κ2) is 39.0. The average Bonchev–Trinajstić information content (AvgIpc) is 1.00. The fourth-order valence-corrected chi connectivity index (χ4v) is 12.1. The Morgan fingerprint density at radius 3 is 1.01 bits per heavy atom. The molecule has 6 fully saturated rings. The van der Waals surface area contributed by atoms with Gasteiger partial charge in [0.15, 0.2) is 0 Å². The van der Waals surface area contributed by atoms with Crippen molar-refractivity contribution in [3.05, 3.63) is 77.1 Å². The molecule has 2 aromatic heterocycles. The number of alkyl halides is 11. The Kier molecular flexibility index (Phi) is 36.9. The molecular weight excluding hydrogens is 1400 g/mol. The maximum absolute atomic E-state index is 13.6. The zero-order chi connectivity index (χ0) is 84.7. The summed E-state index contributed by atoms with van der Waals surface area (Å²) >= 11 is 0. The monoisotopic (exact) mass is 1550 g/mol. The van der Waals surface area contributed by atoms with E-state index in [-0.39, 0.29) is 75.4 Å². The van der Waals surface area contributed by atoms with Crippen LogP contribution in [0.2, 0.25) is 0 Å². The van der Waals surface area contributed by atoms with Crippen LogP contribution in [-0.4, -0.2) is 198 Å². The van der Waals surface area contributed by atoms with Crippen LogP contribution in [0.5, 0.6) is 6.01 Å². The molecule has 6 saturated heterocycles. The van der Waals surface area contributed by atoms with Gasteiger partial charge in [-0.3, -0.25) is 29.4 Å². The highest BCUT2D eigenvalue weighted by Gasteiger charge is 2.49. The number of aryl methyl sites for hydroxylation is 1. The molecule has 3 aromatic rings. The summed E-state index contributed by atoms with van der Waals surface area (Å²) in [4.78, 5) is 29.5. The van der Waals surface area contributed by atoms with Crippen LogP contribution >= 0.6 is 0 Å². The summed E-state index contributed by atoms with van der Waals surface area (Å²) < 4.78 is 145. The van der Waals surface area contributed by atoms with Gasteiger partial charge in [0.25, 0.3) is 17.8 Å². The summed E-state index contributed by atoms with van der Waals surface area (Å²) in [6.07, 6.45) is 8.91. The minimum Gasteiger partial charge on any atom is -0.467 e. The maximum Gasteiger partial charge on any atom is 0.391 e. The van der Waals surface area contributed by atoms with E-state index in [0.717, 1.165) is 62.3 Å². The number of hydrogen-bond donors (Lipinski definition) is 0. The Balaban J connectivity index is 0.000000608. The molecule has 0 spiro atoms. The summed E-state index contributed by atoms with van der Waals surface area (Å²) in [6.45, 7) is 76.6. The number of rotatable bonds is 3. The van der Waals surface area contributed by atoms with E-state index in [9.17, 15) is 48.3 Å². The van der Waals surface area contributed by atoms with Gasteiger partial charge in [-0.25, -0.2) is 55.1 Å². The molecule has 9 rings (SSSR count). The smallest absolute Gasteiger partial charge is 0.391 e. The molecule has 0 aliphatic carbocycles. The minimum atomic E-state index is -4.00. The molecule has 0 saturated carbocycles. The van der Waals surface area contributed by atoms with Gasteiger partial charge in [0.1, 0.15) is 17.2 Å². The standard InChI is InChI=1S/C12H16F2.C11H23N.C10H18F3N.C10H20FN.C9H17F2N.C9H18FN.C9H14N2O.C9H14N2.C7H13F2N/c1-11(2,3)9-5-7-10(8-6-9)12(4,13)14;1-10(2,3)12-8-6-11(4,5)7-9-12;1-9(2,3)14-6-4-8(5-7-14)10(11,12)13;1-9(2,3)12-7-5-6-10(4,11)8-12;1-8(2,3)12-5-7(6-12)9(4,10)11;1-8(2,3)11-6-5-9(4,10)7-11;1-9(2,3)7-5-10-8(12-4)11-6-7;1-7-5-10-8(11-6-7)9(2,3)4;1-6(2,3)10-4-7(8,9)5-10/h5-8H,1-4H3;6-9H2,1-5H3;8H,4-7H2,1-3H3;5-8H2,1-4H3;7H,5-6H2,1-4H3;5-7H2,1-4H3;5-6H,1-4H3;5-6H,1-4H3;4-5H2,1-3H3. The number of halogens is 11. The third kappa shape index (κ3) is 39.3. The van der Waals surface area contributed by atoms with Gasteiger partial charge in [0.2, 0.25) is 0 Å². The molecule has 0 radical (unpaired) electrons. The molecule has 0 amide bonds. The molecule has 2 atom stereocenters. The molecule has 2 unspecified atom stereocenters. The van der Waals surface area contributed by atoms with Gasteiger partial charge in [0.05, 0.1) is 26.1 Å². The Labute approximate surface area is 650 Å². The van der Waals surface area contributed by atoms with E-state index in [1.807, 2.05) is 60.9 Å². The number of hydrogen-bond acceptors (Lipinski definition) is 11. The summed E-state index contributed by atoms with van der Waals surface area (Å²) in [5.74, 6) is -8.27. The van der Waals surface area contributed by atoms with Crippen LogP contribution in [0.25, 0.3) is 0 Å². The number of piperidine rings is 3. The van der Waals surface area contributed by atoms with Crippen molar-refractivity contribution in [1.82, 2.24) is 49.3 Å². The van der Waals surface area contributed by atoms with Gasteiger partial charge in [-0.05, 0) is 263 Å². The second-order valence-electron chi connectivity index (χ2n) is 41.5. The predicted octanol–water partition coefficient (Wildman–Crippen LogP) is 22.9. The van der Waals surface area contributed by atoms with Gasteiger partial charge in [-0.2, -0.15) is 13.2 Å². The van der Waals surface area contributed by atoms with E-state index in [1.165, 1.54) is 38.1 Å². The van der Waals surface area contributed by atoms with E-state index >= 15 is 0 Å². The van der Waals surface area contributed by atoms with Crippen molar-refractivity contribution in [2.45, 2.75) is 365 Å². The summed E-state index contributed by atoms with van der Waals surface area (Å²) in [7, 11) is 1.56. The van der Waals surface area contributed by atoms with Crippen LogP contribution < -0.4 is 4.74 Å². The third-order valence-corrected chi connectivity index (χ3v) is 20.7. The SMILES string of the molecule is CC(C)(C)N1CC(F)(F)C1.CC(C)(C)N1CCC(C(F)(F)F)CC1.CC(C)(C)c1ccc(C(C)(F)F)cc1.CC(F)(F)C1CN(C(C)(C)C)C1.CC1(C)CCN(C(C)(C)C)CC1.CC1(F)CCCN(C(C)(C)C)C1.CC1(F)CCN(C(C)(C)C)C1.COc1ncc(C(C)(C)C)cn1.Cc1cnc(C(C)(C)C)nc1. The number of aromatic nitrogens is 4. The normalized spacial score (nSPS) is 22.1. The van der Waals surface area contributed by atoms with Gasteiger partial charge in [-0.15, -0.1) is 0 Å². The molecule has 11 nitrogen and oxygen atoms in total. The molecule has 1 aromatic carbocycles. The van der Waals surface area contributed by atoms with Gasteiger partial charge < -0.3 is 4.74 Å². The van der Waals surface area contributed by atoms with E-state index in [2.05, 4.69) is 204 Å². The van der Waals surface area contributed by atoms with E-state index in [0.29, 0.717) is 62.7 Å². The Bertz CT molecular complexity index is 2920. The minimum absolute atomic E-state index is 0.00340. The maximum atomic E-state index is 13.6. The first-order chi connectivity index (χ1) is 47.9. The number of nitrogens with zero attached hydrogens (tertiary/aromatic N) is 10. The topological polar surface area (TPSA) is 80.2 Å². The molecule has 8 heterocycles. The molecule has 6 aliphatic rings. The van der Waals surface area contributed by atoms with Crippen LogP contribution in [0.1, 0.15) is 302 Å². The molecule has 630 valence electrons. The molecule has 0 bridgehead atoms. The predicted molar refractivity (Wildman–Crippen MR) is 429 cm³/mol. The number of benzene rings is 1. The number of likely N-dealkylation sites (tertiary alicyclic amines) is 6. The van der Waals surface area contributed by atoms with Crippen molar-refractivity contribution in [1.29, 1.82) is 0 Å². The lowest BCUT2D eigenvalue weighted by atomic mass is 9.81. The first-order valence-electron chi connectivity index (χ1n) is 39.3. The van der Waals surface area contributed by atoms with Crippen molar-refractivity contribution in [2.24, 2.45) is 17.3 Å². The summed E-state index contributed by atoms with van der Waals surface area (Å²) in [5, 5.41) is 0. The van der Waals surface area contributed by atoms with Crippen molar-refractivity contribution in [3.8, 4) is 6.01 Å². The third-order valence-electron chi connectivity index (χ3n) is 20.7. The zero-order valence-electron chi connectivity index (χ0n) is 74.2. The first kappa shape index (κ1) is 102. The fourth-order valence-electron chi connectivity index (χ4n) is 12.1. The lowest BCUT2D eigenvalue weighted by molar-refractivity contribution is -0.187. The van der Waals surface area contributed by atoms with Crippen LogP contribution in [0.3, 0.4) is 0 Å². The van der Waals surface area contributed by atoms with E-state index in [4.69, 9.17) is 4.74 Å². The van der Waals surface area contributed by atoms with E-state index < -0.39 is 47.1 Å². The lowest BCUT2D eigenvalue weighted by Gasteiger charge is -2.49. The fraction of sp³-hybridized carbons (Fsp3) is 0.837. The molecule has 22 heteroatoms. The Morgan fingerprint density at radius 2 is 0.731 bits per heavy atom. The van der Waals surface area contributed by atoms with Gasteiger partial charge in [-0.1, -0.05) is 100 Å². The van der Waals surface area contributed by atoms with Crippen LogP contribution in [0, 0.1) is 24.2 Å². The van der Waals surface area contributed by atoms with Crippen molar-refractivity contribution >= 4 is 0 Å². The van der Waals surface area contributed by atoms with E-state index in [1.54, 1.807) is 50.4 Å². The quantitative estimate of drug-likeness (QED) is 0.235. The van der Waals surface area contributed by atoms with Crippen molar-refractivity contribution in [2.75, 3.05) is 85.6 Å². The lowest BCUT2D eigenvalue weighted by Crippen LogP contribution is -2.62. The number of methoxy groups -OCH3 is 1. The van der Waals surface area contributed by atoms with Crippen LogP contribution in [-0.2, 0) is 22.2 Å². The highest BCUT2D eigenvalue weighted by atomic mass is 19.4. The van der Waals surface area contributed by atoms with Crippen molar-refractivity contribution < 1.29 is 53.0 Å². The van der Waals surface area contributed by atoms with Crippen molar-refractivity contribution in [3.63, 3.8) is 0 Å². The average molecular weight is 1550 g/mol. The zero-order valence-corrected chi connectivity index (χ0v) is 74.2. The first-order valence-corrected chi connectivity index (χ1v) is 39.3. The summed E-state index contributed by atoms with van der Waals surface area (Å²) in [5.41, 5.74) is 2.79. The second-order valence-corrected chi connectivity index (χ2v) is 41.5. The summed E-state index contributed by atoms with van der Waals surface area (Å²) in [6, 6.07) is 6.96. The highest BCUT2D eigenvalue weighted by Crippen LogP contribution is 2.39.